The Morgan fingerprint density at radius 3 is 2.43 bits per heavy atom. The lowest BCUT2D eigenvalue weighted by molar-refractivity contribution is -0.0328. The Morgan fingerprint density at radius 1 is 1.20 bits per heavy atom. The summed E-state index contributed by atoms with van der Waals surface area (Å²) < 4.78 is 58.9. The molecule has 11 heteroatoms. The lowest BCUT2D eigenvalue weighted by Gasteiger charge is -2.24. The van der Waals surface area contributed by atoms with E-state index in [0.717, 1.165) is 18.9 Å². The molecule has 0 spiro atoms. The van der Waals surface area contributed by atoms with Crippen LogP contribution in [0, 0.1) is 11.7 Å². The molecule has 1 atom stereocenters. The van der Waals surface area contributed by atoms with Gasteiger partial charge in [-0.25, -0.2) is 9.37 Å². The zero-order chi connectivity index (χ0) is 25.3. The first kappa shape index (κ1) is 24.8. The molecule has 3 aromatic rings. The normalized spacial score (nSPS) is 14.5. The maximum absolute atomic E-state index is 14.3. The van der Waals surface area contributed by atoms with Crippen LogP contribution in [0.2, 0.25) is 0 Å². The number of aromatic nitrogens is 2. The maximum atomic E-state index is 14.3. The fourth-order valence-corrected chi connectivity index (χ4v) is 4.54. The molecule has 35 heavy (non-hydrogen) atoms. The quantitative estimate of drug-likeness (QED) is 0.353. The Balaban J connectivity index is 1.78. The highest BCUT2D eigenvalue weighted by Gasteiger charge is 2.36. The predicted molar refractivity (Wildman–Crippen MR) is 122 cm³/mol. The number of nitrogens with two attached hydrogens (primary N) is 1. The third kappa shape index (κ3) is 5.84. The summed E-state index contributed by atoms with van der Waals surface area (Å²) in [6, 6.07) is 10.7. The number of methoxy groups -OCH3 is 1. The van der Waals surface area contributed by atoms with Gasteiger partial charge in [0.25, 0.3) is 11.5 Å². The van der Waals surface area contributed by atoms with Gasteiger partial charge in [0.1, 0.15) is 11.5 Å². The van der Waals surface area contributed by atoms with Gasteiger partial charge >= 0.3 is 5.51 Å². The van der Waals surface area contributed by atoms with Crippen LogP contribution in [0.1, 0.15) is 46.3 Å². The molecule has 1 aliphatic carbocycles. The topological polar surface area (TPSA) is 87.2 Å². The number of halogens is 4. The van der Waals surface area contributed by atoms with Gasteiger partial charge < -0.3 is 10.5 Å². The second kappa shape index (κ2) is 9.73. The van der Waals surface area contributed by atoms with Gasteiger partial charge in [-0.05, 0) is 65.9 Å². The van der Waals surface area contributed by atoms with Gasteiger partial charge in [0.05, 0.1) is 13.2 Å². The van der Waals surface area contributed by atoms with E-state index in [-0.39, 0.29) is 46.3 Å². The van der Waals surface area contributed by atoms with Crippen LogP contribution >= 0.6 is 11.8 Å². The van der Waals surface area contributed by atoms with E-state index in [1.807, 2.05) is 0 Å². The average Bonchev–Trinajstić information content (AvgIpc) is 3.61. The summed E-state index contributed by atoms with van der Waals surface area (Å²) in [5, 5.41) is 0. The number of ether oxygens (including phenoxy) is 1. The van der Waals surface area contributed by atoms with E-state index < -0.39 is 28.8 Å². The minimum absolute atomic E-state index is 0.0164. The summed E-state index contributed by atoms with van der Waals surface area (Å²) in [7, 11) is 1.34. The Labute approximate surface area is 202 Å². The van der Waals surface area contributed by atoms with Crippen molar-refractivity contribution in [2.24, 2.45) is 11.7 Å². The molecule has 1 fully saturated rings. The summed E-state index contributed by atoms with van der Waals surface area (Å²) in [4.78, 5) is 29.3. The summed E-state index contributed by atoms with van der Waals surface area (Å²) in [5.41, 5.74) is 1.32. The Morgan fingerprint density at radius 2 is 1.89 bits per heavy atom. The van der Waals surface area contributed by atoms with Crippen molar-refractivity contribution in [2.75, 3.05) is 7.11 Å². The zero-order valence-corrected chi connectivity index (χ0v) is 19.3. The van der Waals surface area contributed by atoms with Gasteiger partial charge in [-0.1, -0.05) is 18.2 Å². The monoisotopic (exact) mass is 507 g/mol. The van der Waals surface area contributed by atoms with E-state index in [0.29, 0.717) is 11.1 Å². The van der Waals surface area contributed by atoms with Crippen LogP contribution < -0.4 is 16.0 Å². The molecule has 1 amide bonds. The van der Waals surface area contributed by atoms with Crippen molar-refractivity contribution in [3.63, 3.8) is 0 Å². The standard InChI is InChI=1S/C24H21F4N3O3S/c1-34-19-9-2-13(10-17(19)25)11-20-30-18(23(29)33)12-21(32)31(20)22(14-3-4-14)15-5-7-16(8-6-15)35-24(26,27)28/h2,5-10,12,14,22H,3-4,11H2,1H3,(H2,29,33)/t22-/m1/s1. The lowest BCUT2D eigenvalue weighted by Crippen LogP contribution is -2.33. The van der Waals surface area contributed by atoms with Crippen LogP contribution in [-0.4, -0.2) is 28.1 Å². The van der Waals surface area contributed by atoms with E-state index >= 15 is 0 Å². The largest absolute Gasteiger partial charge is 0.494 e. The smallest absolute Gasteiger partial charge is 0.446 e. The number of thioether (sulfide) groups is 1. The number of carbonyl (C=O) groups is 1. The molecule has 0 radical (unpaired) electrons. The first-order valence-electron chi connectivity index (χ1n) is 10.7. The molecular formula is C24H21F4N3O3S. The maximum Gasteiger partial charge on any atom is 0.446 e. The third-order valence-electron chi connectivity index (χ3n) is 5.66. The van der Waals surface area contributed by atoms with E-state index in [4.69, 9.17) is 10.5 Å². The molecule has 0 bridgehead atoms. The Bertz CT molecular complexity index is 1300. The molecule has 1 aliphatic rings. The van der Waals surface area contributed by atoms with Gasteiger partial charge in [-0.15, -0.1) is 0 Å². The van der Waals surface area contributed by atoms with Crippen molar-refractivity contribution in [1.82, 2.24) is 9.55 Å². The van der Waals surface area contributed by atoms with Gasteiger partial charge in [0.2, 0.25) is 0 Å². The molecule has 184 valence electrons. The van der Waals surface area contributed by atoms with Crippen molar-refractivity contribution in [1.29, 1.82) is 0 Å². The van der Waals surface area contributed by atoms with Gasteiger partial charge in [-0.2, -0.15) is 13.2 Å². The highest BCUT2D eigenvalue weighted by Crippen LogP contribution is 2.44. The molecule has 1 saturated carbocycles. The summed E-state index contributed by atoms with van der Waals surface area (Å²) >= 11 is -0.219. The summed E-state index contributed by atoms with van der Waals surface area (Å²) in [5.74, 6) is -1.17. The molecular weight excluding hydrogens is 486 g/mol. The second-order valence-electron chi connectivity index (χ2n) is 8.17. The first-order chi connectivity index (χ1) is 16.6. The number of primary amides is 1. The fraction of sp³-hybridized carbons (Fsp3) is 0.292. The van der Waals surface area contributed by atoms with Crippen LogP contribution in [0.4, 0.5) is 17.6 Å². The number of alkyl halides is 3. The number of nitrogens with zero attached hydrogens (tertiary/aromatic N) is 2. The number of carbonyl (C=O) groups excluding carboxylic acids is 1. The molecule has 6 nitrogen and oxygen atoms in total. The van der Waals surface area contributed by atoms with Gasteiger partial charge in [-0.3, -0.25) is 14.2 Å². The number of benzene rings is 2. The second-order valence-corrected chi connectivity index (χ2v) is 9.31. The SMILES string of the molecule is COc1ccc(Cc2nc(C(N)=O)cc(=O)n2[C@@H](c2ccc(SC(F)(F)F)cc2)C2CC2)cc1F. The van der Waals surface area contributed by atoms with E-state index in [2.05, 4.69) is 4.98 Å². The molecule has 2 N–H and O–H groups in total. The van der Waals surface area contributed by atoms with Gasteiger partial charge in [0, 0.05) is 17.4 Å². The van der Waals surface area contributed by atoms with Crippen LogP contribution in [0.3, 0.4) is 0 Å². The van der Waals surface area contributed by atoms with E-state index in [9.17, 15) is 27.2 Å². The third-order valence-corrected chi connectivity index (χ3v) is 6.40. The van der Waals surface area contributed by atoms with Crippen molar-refractivity contribution in [3.05, 3.63) is 87.3 Å². The minimum Gasteiger partial charge on any atom is -0.494 e. The van der Waals surface area contributed by atoms with Crippen LogP contribution in [0.15, 0.2) is 58.2 Å². The first-order valence-corrected chi connectivity index (χ1v) is 11.5. The average molecular weight is 508 g/mol. The van der Waals surface area contributed by atoms with Gasteiger partial charge in [0.15, 0.2) is 11.6 Å². The van der Waals surface area contributed by atoms with Crippen molar-refractivity contribution < 1.29 is 27.1 Å². The predicted octanol–water partition coefficient (Wildman–Crippen LogP) is 4.69. The molecule has 1 heterocycles. The van der Waals surface area contributed by atoms with Crippen LogP contribution in [-0.2, 0) is 6.42 Å². The highest BCUT2D eigenvalue weighted by atomic mass is 32.2. The number of amides is 1. The molecule has 0 aliphatic heterocycles. The number of hydrogen-bond acceptors (Lipinski definition) is 5. The van der Waals surface area contributed by atoms with Crippen molar-refractivity contribution in [2.45, 2.75) is 35.7 Å². The van der Waals surface area contributed by atoms with Crippen molar-refractivity contribution in [3.8, 4) is 5.75 Å². The molecule has 0 saturated heterocycles. The Hall–Kier alpha value is -3.34. The zero-order valence-electron chi connectivity index (χ0n) is 18.5. The highest BCUT2D eigenvalue weighted by molar-refractivity contribution is 8.00. The number of hydrogen-bond donors (Lipinski definition) is 1. The van der Waals surface area contributed by atoms with E-state index in [1.165, 1.54) is 35.9 Å². The van der Waals surface area contributed by atoms with Crippen molar-refractivity contribution >= 4 is 17.7 Å². The number of rotatable bonds is 8. The van der Waals surface area contributed by atoms with E-state index in [1.54, 1.807) is 18.2 Å². The lowest BCUT2D eigenvalue weighted by atomic mass is 10.0. The summed E-state index contributed by atoms with van der Waals surface area (Å²) in [6.07, 6.45) is 1.64. The van der Waals surface area contributed by atoms with Crippen LogP contribution in [0.25, 0.3) is 0 Å². The molecule has 2 aromatic carbocycles. The molecule has 1 aromatic heterocycles. The summed E-state index contributed by atoms with van der Waals surface area (Å²) in [6.45, 7) is 0. The van der Waals surface area contributed by atoms with Crippen LogP contribution in [0.5, 0.6) is 5.75 Å². The fourth-order valence-electron chi connectivity index (χ4n) is 4.00. The minimum atomic E-state index is -4.41. The molecule has 0 unspecified atom stereocenters. The molecule has 4 rings (SSSR count). The Kier molecular flexibility index (Phi) is 6.88.